The molecule has 0 radical (unpaired) electrons. The number of esters is 2. The topological polar surface area (TPSA) is 135 Å². The van der Waals surface area contributed by atoms with E-state index in [0.717, 1.165) is 9.79 Å². The lowest BCUT2D eigenvalue weighted by Crippen LogP contribution is -2.52. The molecule has 11 nitrogen and oxygen atoms in total. The number of carbonyl (C=O) groups is 3. The van der Waals surface area contributed by atoms with Crippen molar-refractivity contribution < 1.29 is 38.3 Å². The smallest absolute Gasteiger partial charge is 0.308 e. The first kappa shape index (κ1) is 34.9. The fourth-order valence-electron chi connectivity index (χ4n) is 3.90. The van der Waals surface area contributed by atoms with Gasteiger partial charge >= 0.3 is 11.9 Å². The van der Waals surface area contributed by atoms with Crippen molar-refractivity contribution in [1.29, 1.82) is 0 Å². The van der Waals surface area contributed by atoms with Gasteiger partial charge < -0.3 is 18.9 Å². The van der Waals surface area contributed by atoms with Crippen LogP contribution in [0.1, 0.15) is 50.9 Å². The van der Waals surface area contributed by atoms with Gasteiger partial charge in [0, 0.05) is 53.8 Å². The third kappa shape index (κ3) is 11.9. The van der Waals surface area contributed by atoms with Gasteiger partial charge in [-0.1, -0.05) is 23.9 Å². The van der Waals surface area contributed by atoms with Crippen LogP contribution in [0.5, 0.6) is 0 Å². The largest absolute Gasteiger partial charge is 0.464 e. The van der Waals surface area contributed by atoms with E-state index in [-0.39, 0.29) is 63.8 Å². The van der Waals surface area contributed by atoms with Crippen LogP contribution in [0.15, 0.2) is 58.3 Å². The van der Waals surface area contributed by atoms with E-state index < -0.39 is 22.4 Å². The van der Waals surface area contributed by atoms with Crippen LogP contribution in [0.4, 0.5) is 5.69 Å². The number of benzene rings is 2. The highest BCUT2D eigenvalue weighted by atomic mass is 32.2. The van der Waals surface area contributed by atoms with E-state index >= 15 is 0 Å². The Labute approximate surface area is 251 Å². The molecule has 0 aliphatic carbocycles. The van der Waals surface area contributed by atoms with Gasteiger partial charge in [0.1, 0.15) is 13.2 Å². The maximum Gasteiger partial charge on any atom is 0.308 e. The molecule has 0 saturated carbocycles. The molecular weight excluding hydrogens is 564 g/mol. The number of nitro groups is 1. The molecule has 0 atom stereocenters. The summed E-state index contributed by atoms with van der Waals surface area (Å²) < 4.78 is 21.1. The van der Waals surface area contributed by atoms with Crippen molar-refractivity contribution in [3.8, 4) is 0 Å². The molecule has 2 aromatic carbocycles. The molecule has 0 unspecified atom stereocenters. The fraction of sp³-hybridized carbons (Fsp3) is 0.500. The Balaban J connectivity index is 2.06. The van der Waals surface area contributed by atoms with Crippen LogP contribution in [0.2, 0.25) is 0 Å². The van der Waals surface area contributed by atoms with Gasteiger partial charge in [0.2, 0.25) is 0 Å². The van der Waals surface area contributed by atoms with Crippen molar-refractivity contribution in [2.45, 2.75) is 55.9 Å². The number of hydrogen-bond donors (Lipinski definition) is 0. The summed E-state index contributed by atoms with van der Waals surface area (Å²) in [7, 11) is 0. The van der Waals surface area contributed by atoms with Crippen molar-refractivity contribution in [3.63, 3.8) is 0 Å². The number of carbonyl (C=O) groups excluding carboxylic acids is 3. The first-order valence-corrected chi connectivity index (χ1v) is 14.7. The summed E-state index contributed by atoms with van der Waals surface area (Å²) in [5.74, 6) is -0.938. The van der Waals surface area contributed by atoms with Gasteiger partial charge in [-0.05, 0) is 52.0 Å². The van der Waals surface area contributed by atoms with Crippen LogP contribution in [-0.2, 0) is 28.5 Å². The van der Waals surface area contributed by atoms with E-state index in [4.69, 9.17) is 18.9 Å². The lowest BCUT2D eigenvalue weighted by molar-refractivity contribution is -0.384. The molecule has 0 aliphatic rings. The lowest BCUT2D eigenvalue weighted by Gasteiger charge is -2.37. The maximum absolute atomic E-state index is 13.7. The molecule has 230 valence electrons. The van der Waals surface area contributed by atoms with Crippen LogP contribution >= 0.6 is 11.8 Å². The zero-order chi connectivity index (χ0) is 31.0. The van der Waals surface area contributed by atoms with Crippen LogP contribution in [0, 0.1) is 10.1 Å². The highest BCUT2D eigenvalue weighted by Crippen LogP contribution is 2.30. The van der Waals surface area contributed by atoms with E-state index in [0.29, 0.717) is 18.8 Å². The summed E-state index contributed by atoms with van der Waals surface area (Å²) in [5, 5.41) is 10.9. The number of ketones is 1. The number of hydrogen-bond acceptors (Lipinski definition) is 11. The summed E-state index contributed by atoms with van der Waals surface area (Å²) in [5.41, 5.74) is -0.504. The summed E-state index contributed by atoms with van der Waals surface area (Å²) in [4.78, 5) is 51.7. The van der Waals surface area contributed by atoms with Crippen molar-refractivity contribution in [2.75, 3.05) is 52.7 Å². The molecule has 0 N–H and O–H groups in total. The summed E-state index contributed by atoms with van der Waals surface area (Å²) in [6.45, 7) is 9.45. The molecule has 42 heavy (non-hydrogen) atoms. The van der Waals surface area contributed by atoms with Crippen molar-refractivity contribution in [2.24, 2.45) is 0 Å². The molecule has 0 heterocycles. The number of ether oxygens (including phenoxy) is 4. The normalized spacial score (nSPS) is 11.4. The molecule has 0 saturated heterocycles. The minimum absolute atomic E-state index is 0.0210. The Kier molecular flexibility index (Phi) is 15.2. The molecule has 0 aliphatic heterocycles. The Morgan fingerprint density at radius 3 is 1.67 bits per heavy atom. The predicted molar refractivity (Wildman–Crippen MR) is 158 cm³/mol. The second kappa shape index (κ2) is 18.3. The summed E-state index contributed by atoms with van der Waals surface area (Å²) in [6.07, 6.45) is 0.273. The molecule has 0 aromatic heterocycles. The average Bonchev–Trinajstić information content (AvgIpc) is 2.97. The third-order valence-corrected chi connectivity index (χ3v) is 7.32. The third-order valence-electron chi connectivity index (χ3n) is 6.30. The molecule has 2 rings (SSSR count). The maximum atomic E-state index is 13.7. The van der Waals surface area contributed by atoms with Gasteiger partial charge in [0.05, 0.1) is 36.5 Å². The number of nitro benzene ring substituents is 1. The van der Waals surface area contributed by atoms with Crippen LogP contribution in [-0.4, -0.2) is 85.8 Å². The van der Waals surface area contributed by atoms with Crippen molar-refractivity contribution >= 4 is 35.2 Å². The molecule has 2 aromatic rings. The predicted octanol–water partition coefficient (Wildman–Crippen LogP) is 4.95. The number of nitrogens with zero attached hydrogens (tertiary/aromatic N) is 2. The highest BCUT2D eigenvalue weighted by Gasteiger charge is 2.35. The minimum atomic E-state index is -1.01. The molecule has 0 bridgehead atoms. The van der Waals surface area contributed by atoms with E-state index in [1.807, 2.05) is 30.9 Å². The SMILES string of the molecule is CCOCCC(=O)OCCN(CCOC(=O)CCOCC)C(C)(C)C(=O)c1ccc(Sc2ccc([N+](=O)[O-])cc2)cc1. The van der Waals surface area contributed by atoms with Crippen LogP contribution in [0.25, 0.3) is 0 Å². The molecule has 12 heteroatoms. The fourth-order valence-corrected chi connectivity index (χ4v) is 4.71. The number of non-ortho nitro benzene ring substituents is 1. The van der Waals surface area contributed by atoms with Crippen molar-refractivity contribution in [1.82, 2.24) is 4.90 Å². The lowest BCUT2D eigenvalue weighted by atomic mass is 9.91. The van der Waals surface area contributed by atoms with E-state index in [9.17, 15) is 24.5 Å². The first-order valence-electron chi connectivity index (χ1n) is 13.9. The second-order valence-electron chi connectivity index (χ2n) is 9.59. The molecule has 0 spiro atoms. The van der Waals surface area contributed by atoms with E-state index in [1.54, 1.807) is 38.1 Å². The Hall–Kier alpha value is -3.32. The summed E-state index contributed by atoms with van der Waals surface area (Å²) in [6, 6.07) is 13.4. The minimum Gasteiger partial charge on any atom is -0.464 e. The Morgan fingerprint density at radius 2 is 1.24 bits per heavy atom. The van der Waals surface area contributed by atoms with Gasteiger partial charge in [-0.15, -0.1) is 0 Å². The molecule has 0 fully saturated rings. The van der Waals surface area contributed by atoms with Gasteiger partial charge in [-0.25, -0.2) is 0 Å². The van der Waals surface area contributed by atoms with Crippen LogP contribution < -0.4 is 0 Å². The Bertz CT molecular complexity index is 1130. The van der Waals surface area contributed by atoms with E-state index in [1.165, 1.54) is 23.9 Å². The summed E-state index contributed by atoms with van der Waals surface area (Å²) >= 11 is 1.42. The quantitative estimate of drug-likeness (QED) is 0.0668. The first-order chi connectivity index (χ1) is 20.1. The average molecular weight is 605 g/mol. The monoisotopic (exact) mass is 604 g/mol. The van der Waals surface area contributed by atoms with Crippen LogP contribution in [0.3, 0.4) is 0 Å². The number of Topliss-reactive ketones (excluding diaryl/α,β-unsaturated/α-hetero) is 1. The molecular formula is C30H40N2O9S. The van der Waals surface area contributed by atoms with Gasteiger partial charge in [0.25, 0.3) is 5.69 Å². The Morgan fingerprint density at radius 1 is 0.786 bits per heavy atom. The van der Waals surface area contributed by atoms with Gasteiger partial charge in [0.15, 0.2) is 5.78 Å². The zero-order valence-electron chi connectivity index (χ0n) is 24.7. The highest BCUT2D eigenvalue weighted by molar-refractivity contribution is 7.99. The standard InChI is InChI=1S/C30H40N2O9S/c1-5-38-19-15-27(33)40-21-17-31(18-22-41-28(34)16-20-39-6-2)30(3,4)29(35)23-7-11-25(12-8-23)42-26-13-9-24(10-14-26)32(36)37/h7-14H,5-6,15-22H2,1-4H3. The zero-order valence-corrected chi connectivity index (χ0v) is 25.5. The van der Waals surface area contributed by atoms with Gasteiger partial charge in [-0.2, -0.15) is 0 Å². The second-order valence-corrected chi connectivity index (χ2v) is 10.7. The van der Waals surface area contributed by atoms with E-state index in [2.05, 4.69) is 0 Å². The molecule has 0 amide bonds. The number of rotatable bonds is 20. The van der Waals surface area contributed by atoms with Crippen molar-refractivity contribution in [3.05, 3.63) is 64.2 Å². The van der Waals surface area contributed by atoms with Gasteiger partial charge in [-0.3, -0.25) is 29.4 Å².